The van der Waals surface area contributed by atoms with E-state index in [-0.39, 0.29) is 0 Å². The summed E-state index contributed by atoms with van der Waals surface area (Å²) in [6.07, 6.45) is 0. The zero-order valence-corrected chi connectivity index (χ0v) is 8.78. The molecule has 0 saturated heterocycles. The maximum absolute atomic E-state index is 5.81. The molecule has 0 amide bonds. The number of nitrogens with zero attached hydrogens (tertiary/aromatic N) is 2. The lowest BCUT2D eigenvalue weighted by Crippen LogP contribution is -2.03. The smallest absolute Gasteiger partial charge is 0.152 e. The standard InChI is InChI=1S/C11H10ClN3/c12-11-6-9(10(7-13)14-15-11)8-4-2-1-3-5-8/h1-6H,7,13H2. The highest BCUT2D eigenvalue weighted by atomic mass is 35.5. The first kappa shape index (κ1) is 10.1. The average Bonchev–Trinajstić information content (AvgIpc) is 2.30. The van der Waals surface area contributed by atoms with Crippen molar-refractivity contribution in [2.75, 3.05) is 0 Å². The fourth-order valence-electron chi connectivity index (χ4n) is 1.41. The van der Waals surface area contributed by atoms with Crippen LogP contribution in [-0.2, 0) is 6.54 Å². The van der Waals surface area contributed by atoms with Crippen molar-refractivity contribution in [1.82, 2.24) is 10.2 Å². The van der Waals surface area contributed by atoms with Crippen LogP contribution >= 0.6 is 11.6 Å². The maximum atomic E-state index is 5.81. The predicted molar refractivity (Wildman–Crippen MR) is 60.4 cm³/mol. The Labute approximate surface area is 92.9 Å². The molecule has 0 atom stereocenters. The molecule has 0 bridgehead atoms. The van der Waals surface area contributed by atoms with E-state index < -0.39 is 0 Å². The van der Waals surface area contributed by atoms with Crippen LogP contribution in [-0.4, -0.2) is 10.2 Å². The molecular formula is C11H10ClN3. The minimum absolute atomic E-state index is 0.356. The van der Waals surface area contributed by atoms with Crippen molar-refractivity contribution in [2.45, 2.75) is 6.54 Å². The third kappa shape index (κ3) is 2.14. The van der Waals surface area contributed by atoms with Gasteiger partial charge in [-0.25, -0.2) is 0 Å². The molecule has 2 N–H and O–H groups in total. The summed E-state index contributed by atoms with van der Waals surface area (Å²) in [6, 6.07) is 11.7. The molecule has 2 rings (SSSR count). The lowest BCUT2D eigenvalue weighted by Gasteiger charge is -2.05. The van der Waals surface area contributed by atoms with Crippen molar-refractivity contribution in [3.05, 3.63) is 47.2 Å². The van der Waals surface area contributed by atoms with Crippen molar-refractivity contribution < 1.29 is 0 Å². The Kier molecular flexibility index (Phi) is 2.94. The number of hydrogen-bond donors (Lipinski definition) is 1. The van der Waals surface area contributed by atoms with Crippen LogP contribution < -0.4 is 5.73 Å². The highest BCUT2D eigenvalue weighted by Crippen LogP contribution is 2.23. The first-order valence-electron chi connectivity index (χ1n) is 4.59. The van der Waals surface area contributed by atoms with Crippen molar-refractivity contribution in [3.63, 3.8) is 0 Å². The van der Waals surface area contributed by atoms with E-state index in [2.05, 4.69) is 10.2 Å². The van der Waals surface area contributed by atoms with Gasteiger partial charge in [0, 0.05) is 12.1 Å². The third-order valence-electron chi connectivity index (χ3n) is 2.12. The topological polar surface area (TPSA) is 51.8 Å². The number of benzene rings is 1. The Bertz CT molecular complexity index is 457. The molecule has 0 fully saturated rings. The molecule has 1 aromatic heterocycles. The van der Waals surface area contributed by atoms with Crippen LogP contribution in [0, 0.1) is 0 Å². The van der Waals surface area contributed by atoms with E-state index in [1.807, 2.05) is 30.3 Å². The molecule has 76 valence electrons. The molecule has 2 aromatic rings. The highest BCUT2D eigenvalue weighted by molar-refractivity contribution is 6.29. The van der Waals surface area contributed by atoms with Crippen molar-refractivity contribution in [2.24, 2.45) is 5.73 Å². The summed E-state index contributed by atoms with van der Waals surface area (Å²) in [7, 11) is 0. The van der Waals surface area contributed by atoms with E-state index in [1.165, 1.54) is 0 Å². The Morgan fingerprint density at radius 1 is 1.13 bits per heavy atom. The van der Waals surface area contributed by atoms with E-state index in [9.17, 15) is 0 Å². The second kappa shape index (κ2) is 4.38. The fraction of sp³-hybridized carbons (Fsp3) is 0.0909. The second-order valence-corrected chi connectivity index (χ2v) is 3.48. The quantitative estimate of drug-likeness (QED) is 0.843. The van der Waals surface area contributed by atoms with Crippen molar-refractivity contribution in [3.8, 4) is 11.1 Å². The van der Waals surface area contributed by atoms with Crippen molar-refractivity contribution in [1.29, 1.82) is 0 Å². The summed E-state index contributed by atoms with van der Waals surface area (Å²) in [6.45, 7) is 0.356. The molecule has 3 nitrogen and oxygen atoms in total. The van der Waals surface area contributed by atoms with Gasteiger partial charge in [-0.1, -0.05) is 41.9 Å². The molecule has 1 heterocycles. The van der Waals surface area contributed by atoms with Gasteiger partial charge in [0.2, 0.25) is 0 Å². The van der Waals surface area contributed by atoms with Crippen LogP contribution in [0.3, 0.4) is 0 Å². The SMILES string of the molecule is NCc1nnc(Cl)cc1-c1ccccc1. The molecule has 15 heavy (non-hydrogen) atoms. The molecule has 0 spiro atoms. The zero-order chi connectivity index (χ0) is 10.7. The minimum Gasteiger partial charge on any atom is -0.325 e. The third-order valence-corrected chi connectivity index (χ3v) is 2.30. The number of rotatable bonds is 2. The average molecular weight is 220 g/mol. The number of aromatic nitrogens is 2. The van der Waals surface area contributed by atoms with Gasteiger partial charge in [0.1, 0.15) is 0 Å². The summed E-state index contributed by atoms with van der Waals surface area (Å²) in [5.74, 6) is 0. The highest BCUT2D eigenvalue weighted by Gasteiger charge is 2.06. The maximum Gasteiger partial charge on any atom is 0.152 e. The summed E-state index contributed by atoms with van der Waals surface area (Å²) in [5, 5.41) is 8.12. The van der Waals surface area contributed by atoms with Gasteiger partial charge >= 0.3 is 0 Å². The zero-order valence-electron chi connectivity index (χ0n) is 8.02. The molecule has 0 saturated carbocycles. The largest absolute Gasteiger partial charge is 0.325 e. The fourth-order valence-corrected chi connectivity index (χ4v) is 1.56. The van der Waals surface area contributed by atoms with Gasteiger partial charge in [0.05, 0.1) is 5.69 Å². The molecule has 0 aliphatic carbocycles. The van der Waals surface area contributed by atoms with Gasteiger partial charge in [-0.05, 0) is 11.6 Å². The summed E-state index contributed by atoms with van der Waals surface area (Å²) >= 11 is 5.81. The molecule has 0 aliphatic heterocycles. The number of hydrogen-bond acceptors (Lipinski definition) is 3. The second-order valence-electron chi connectivity index (χ2n) is 3.10. The van der Waals surface area contributed by atoms with Gasteiger partial charge in [0.25, 0.3) is 0 Å². The molecule has 0 aliphatic rings. The van der Waals surface area contributed by atoms with Gasteiger partial charge in [-0.15, -0.1) is 5.10 Å². The Morgan fingerprint density at radius 3 is 2.53 bits per heavy atom. The predicted octanol–water partition coefficient (Wildman–Crippen LogP) is 2.26. The van der Waals surface area contributed by atoms with Gasteiger partial charge in [-0.3, -0.25) is 0 Å². The Hall–Kier alpha value is -1.45. The molecule has 4 heteroatoms. The van der Waals surface area contributed by atoms with E-state index >= 15 is 0 Å². The van der Waals surface area contributed by atoms with Gasteiger partial charge < -0.3 is 5.73 Å². The lowest BCUT2D eigenvalue weighted by molar-refractivity contribution is 0.902. The summed E-state index contributed by atoms with van der Waals surface area (Å²) in [4.78, 5) is 0. The van der Waals surface area contributed by atoms with Crippen molar-refractivity contribution >= 4 is 11.6 Å². The van der Waals surface area contributed by atoms with Gasteiger partial charge in [-0.2, -0.15) is 5.10 Å². The number of halogens is 1. The molecule has 1 aromatic carbocycles. The monoisotopic (exact) mass is 219 g/mol. The first-order valence-corrected chi connectivity index (χ1v) is 4.96. The van der Waals surface area contributed by atoms with E-state index in [0.717, 1.165) is 16.8 Å². The van der Waals surface area contributed by atoms with Gasteiger partial charge in [0.15, 0.2) is 5.15 Å². The summed E-state index contributed by atoms with van der Waals surface area (Å²) in [5.41, 5.74) is 8.34. The Balaban J connectivity index is 2.56. The molecule has 0 radical (unpaired) electrons. The summed E-state index contributed by atoms with van der Waals surface area (Å²) < 4.78 is 0. The van der Waals surface area contributed by atoms with E-state index in [0.29, 0.717) is 11.7 Å². The van der Waals surface area contributed by atoms with Crippen LogP contribution in [0.5, 0.6) is 0 Å². The van der Waals surface area contributed by atoms with Crippen LogP contribution in [0.25, 0.3) is 11.1 Å². The van der Waals surface area contributed by atoms with Crippen LogP contribution in [0.4, 0.5) is 0 Å². The molecule has 0 unspecified atom stereocenters. The first-order chi connectivity index (χ1) is 7.31. The van der Waals surface area contributed by atoms with Crippen LogP contribution in [0.1, 0.15) is 5.69 Å². The lowest BCUT2D eigenvalue weighted by atomic mass is 10.1. The minimum atomic E-state index is 0.356. The van der Waals surface area contributed by atoms with Crippen LogP contribution in [0.2, 0.25) is 5.15 Å². The van der Waals surface area contributed by atoms with E-state index in [1.54, 1.807) is 6.07 Å². The number of nitrogens with two attached hydrogens (primary N) is 1. The normalized spacial score (nSPS) is 10.3. The van der Waals surface area contributed by atoms with E-state index in [4.69, 9.17) is 17.3 Å². The Morgan fingerprint density at radius 2 is 1.87 bits per heavy atom. The van der Waals surface area contributed by atoms with Crippen LogP contribution in [0.15, 0.2) is 36.4 Å². The molecular weight excluding hydrogens is 210 g/mol.